The number of nitrogens with zero attached hydrogens (tertiary/aromatic N) is 2. The Morgan fingerprint density at radius 3 is 2.45 bits per heavy atom. The summed E-state index contributed by atoms with van der Waals surface area (Å²) in [7, 11) is 5.70. The van der Waals surface area contributed by atoms with Crippen molar-refractivity contribution in [3.05, 3.63) is 58.5 Å². The van der Waals surface area contributed by atoms with E-state index in [1.54, 1.807) is 36.5 Å². The topological polar surface area (TPSA) is 62.8 Å². The zero-order valence-corrected chi connectivity index (χ0v) is 13.4. The van der Waals surface area contributed by atoms with E-state index >= 15 is 0 Å². The number of hydrogen-bond donors (Lipinski definition) is 1. The van der Waals surface area contributed by atoms with Crippen molar-refractivity contribution < 1.29 is 18.9 Å². The highest BCUT2D eigenvalue weighted by molar-refractivity contribution is 6.30. The van der Waals surface area contributed by atoms with Crippen molar-refractivity contribution in [2.45, 2.75) is 6.10 Å². The van der Waals surface area contributed by atoms with Crippen LogP contribution in [0.4, 0.5) is 0 Å². The van der Waals surface area contributed by atoms with Crippen LogP contribution in [0, 0.1) is 0 Å². The van der Waals surface area contributed by atoms with Crippen LogP contribution in [0.15, 0.2) is 45.9 Å². The molecule has 1 atom stereocenters. The van der Waals surface area contributed by atoms with Gasteiger partial charge in [0.05, 0.1) is 21.1 Å². The largest absolute Gasteiger partial charge is 0.452 e. The summed E-state index contributed by atoms with van der Waals surface area (Å²) in [4.78, 5) is 12.2. The minimum atomic E-state index is -1.29. The first-order valence-electron chi connectivity index (χ1n) is 6.71. The van der Waals surface area contributed by atoms with Gasteiger partial charge in [-0.2, -0.15) is 0 Å². The van der Waals surface area contributed by atoms with Gasteiger partial charge in [-0.05, 0) is 29.8 Å². The van der Waals surface area contributed by atoms with Crippen molar-refractivity contribution in [1.82, 2.24) is 0 Å². The smallest absolute Gasteiger partial charge is 0.230 e. The molecule has 0 amide bonds. The Bertz CT molecular complexity index is 684. The van der Waals surface area contributed by atoms with Crippen LogP contribution in [0.25, 0.3) is 0 Å². The van der Waals surface area contributed by atoms with Crippen molar-refractivity contribution >= 4 is 23.6 Å². The number of Topliss-reactive ketones (excluding diaryl/α,β-unsaturated/α-hetero) is 1. The Morgan fingerprint density at radius 1 is 1.23 bits per heavy atom. The molecule has 0 aliphatic carbocycles. The molecular weight excluding hydrogens is 304 g/mol. The van der Waals surface area contributed by atoms with E-state index in [9.17, 15) is 9.90 Å². The number of carbonyl (C=O) groups excluding carboxylic acids is 1. The molecule has 0 saturated carbocycles. The Balaban J connectivity index is 2.14. The third-order valence-corrected chi connectivity index (χ3v) is 3.09. The lowest BCUT2D eigenvalue weighted by atomic mass is 10.0. The monoisotopic (exact) mass is 321 g/mol. The van der Waals surface area contributed by atoms with Gasteiger partial charge in [-0.25, -0.2) is 4.59 Å². The van der Waals surface area contributed by atoms with E-state index in [2.05, 4.69) is 5.10 Å². The van der Waals surface area contributed by atoms with Gasteiger partial charge < -0.3 is 9.52 Å². The molecule has 1 heterocycles. The van der Waals surface area contributed by atoms with Crippen LogP contribution in [0.5, 0.6) is 0 Å². The van der Waals surface area contributed by atoms with Crippen LogP contribution in [-0.2, 0) is 0 Å². The summed E-state index contributed by atoms with van der Waals surface area (Å²) in [6, 6.07) is 9.61. The van der Waals surface area contributed by atoms with Crippen LogP contribution in [-0.4, -0.2) is 42.8 Å². The van der Waals surface area contributed by atoms with E-state index < -0.39 is 11.9 Å². The molecule has 0 saturated heterocycles. The minimum absolute atomic E-state index is 0.0882. The van der Waals surface area contributed by atoms with Crippen LogP contribution in [0.2, 0.25) is 5.02 Å². The van der Waals surface area contributed by atoms with Crippen molar-refractivity contribution in [3.8, 4) is 0 Å². The van der Waals surface area contributed by atoms with Crippen molar-refractivity contribution in [1.29, 1.82) is 0 Å². The molecule has 1 N–H and O–H groups in total. The van der Waals surface area contributed by atoms with Crippen molar-refractivity contribution in [3.63, 3.8) is 0 Å². The summed E-state index contributed by atoms with van der Waals surface area (Å²) in [5.74, 6) is 0.0391. The zero-order valence-electron chi connectivity index (χ0n) is 12.7. The van der Waals surface area contributed by atoms with E-state index in [4.69, 9.17) is 16.0 Å². The summed E-state index contributed by atoms with van der Waals surface area (Å²) in [6.07, 6.45) is 0.262. The fourth-order valence-electron chi connectivity index (χ4n) is 1.72. The Hall–Kier alpha value is -1.95. The first-order valence-corrected chi connectivity index (χ1v) is 7.09. The maximum absolute atomic E-state index is 12.2. The summed E-state index contributed by atoms with van der Waals surface area (Å²) in [5, 5.41) is 14.9. The standard InChI is InChI=1S/C16H18ClN2O3/c1-19(2,3)18-10-13-8-9-14(22-13)16(21)15(20)11-4-6-12(17)7-5-11/h4-10,15,20H,1-3H3/q+1/b18-10+. The van der Waals surface area contributed by atoms with E-state index in [0.717, 1.165) is 0 Å². The molecule has 0 fully saturated rings. The maximum atomic E-state index is 12.2. The molecule has 5 nitrogen and oxygen atoms in total. The summed E-state index contributed by atoms with van der Waals surface area (Å²) in [5.41, 5.74) is 0.465. The molecular formula is C16H18ClN2O3+. The van der Waals surface area contributed by atoms with E-state index in [0.29, 0.717) is 20.9 Å². The minimum Gasteiger partial charge on any atom is -0.452 e. The van der Waals surface area contributed by atoms with Gasteiger partial charge in [-0.3, -0.25) is 4.79 Å². The highest BCUT2D eigenvalue weighted by Gasteiger charge is 2.22. The van der Waals surface area contributed by atoms with Crippen LogP contribution >= 0.6 is 11.6 Å². The van der Waals surface area contributed by atoms with Crippen molar-refractivity contribution in [2.75, 3.05) is 21.1 Å². The number of benzene rings is 1. The number of quaternary nitrogens is 1. The molecule has 2 aromatic rings. The summed E-state index contributed by atoms with van der Waals surface area (Å²) >= 11 is 5.79. The first kappa shape index (κ1) is 16.4. The van der Waals surface area contributed by atoms with Gasteiger partial charge in [0.25, 0.3) is 0 Å². The molecule has 1 aromatic heterocycles. The predicted molar refractivity (Wildman–Crippen MR) is 85.1 cm³/mol. The van der Waals surface area contributed by atoms with Gasteiger partial charge in [0, 0.05) is 5.02 Å². The second-order valence-corrected chi connectivity index (χ2v) is 6.14. The van der Waals surface area contributed by atoms with Crippen molar-refractivity contribution in [2.24, 2.45) is 5.10 Å². The number of aliphatic hydroxyl groups is 1. The number of ketones is 1. The molecule has 0 bridgehead atoms. The van der Waals surface area contributed by atoms with E-state index in [1.807, 2.05) is 21.1 Å². The Kier molecular flexibility index (Phi) is 4.81. The number of carbonyl (C=O) groups is 1. The fourth-order valence-corrected chi connectivity index (χ4v) is 1.84. The molecule has 116 valence electrons. The second-order valence-electron chi connectivity index (χ2n) is 5.71. The average Bonchev–Trinajstić information content (AvgIpc) is 2.92. The highest BCUT2D eigenvalue weighted by atomic mass is 35.5. The lowest BCUT2D eigenvalue weighted by molar-refractivity contribution is -0.876. The summed E-state index contributed by atoms with van der Waals surface area (Å²) < 4.78 is 5.80. The predicted octanol–water partition coefficient (Wildman–Crippen LogP) is 2.89. The third kappa shape index (κ3) is 4.27. The normalized spacial score (nSPS) is 13.5. The zero-order chi connectivity index (χ0) is 16.3. The van der Waals surface area contributed by atoms with Gasteiger partial charge in [0.1, 0.15) is 12.3 Å². The summed E-state index contributed by atoms with van der Waals surface area (Å²) in [6.45, 7) is 0. The fraction of sp³-hybridized carbons (Fsp3) is 0.250. The van der Waals surface area contributed by atoms with Gasteiger partial charge in [0.2, 0.25) is 5.78 Å². The molecule has 0 aliphatic rings. The number of hydrogen-bond acceptors (Lipinski definition) is 4. The lowest BCUT2D eigenvalue weighted by Gasteiger charge is -2.13. The Labute approximate surface area is 134 Å². The third-order valence-electron chi connectivity index (χ3n) is 2.84. The van der Waals surface area contributed by atoms with Gasteiger partial charge in [0.15, 0.2) is 11.5 Å². The molecule has 6 heteroatoms. The van der Waals surface area contributed by atoms with Crippen LogP contribution < -0.4 is 0 Å². The number of furan rings is 1. The molecule has 0 spiro atoms. The number of halogens is 1. The lowest BCUT2D eigenvalue weighted by Crippen LogP contribution is -2.27. The number of rotatable bonds is 5. The van der Waals surface area contributed by atoms with Gasteiger partial charge >= 0.3 is 0 Å². The van der Waals surface area contributed by atoms with Crippen LogP contribution in [0.1, 0.15) is 28.0 Å². The second kappa shape index (κ2) is 6.44. The molecule has 2 rings (SSSR count). The molecule has 0 aliphatic heterocycles. The van der Waals surface area contributed by atoms with Gasteiger partial charge in [-0.1, -0.05) is 28.8 Å². The van der Waals surface area contributed by atoms with E-state index in [-0.39, 0.29) is 5.76 Å². The first-order chi connectivity index (χ1) is 10.3. The van der Waals surface area contributed by atoms with Gasteiger partial charge in [-0.15, -0.1) is 0 Å². The number of aliphatic hydroxyl groups excluding tert-OH is 1. The molecule has 22 heavy (non-hydrogen) atoms. The average molecular weight is 322 g/mol. The van der Waals surface area contributed by atoms with E-state index in [1.165, 1.54) is 6.07 Å². The quantitative estimate of drug-likeness (QED) is 0.398. The molecule has 1 aromatic carbocycles. The Morgan fingerprint density at radius 2 is 1.86 bits per heavy atom. The molecule has 0 radical (unpaired) electrons. The highest BCUT2D eigenvalue weighted by Crippen LogP contribution is 2.21. The SMILES string of the molecule is C[N+](C)(C)/N=C/c1ccc(C(=O)C(O)c2ccc(Cl)cc2)o1. The van der Waals surface area contributed by atoms with Crippen LogP contribution in [0.3, 0.4) is 0 Å². The molecule has 1 unspecified atom stereocenters. The maximum Gasteiger partial charge on any atom is 0.230 e.